The Labute approximate surface area is 172 Å². The van der Waals surface area contributed by atoms with Crippen molar-refractivity contribution in [2.45, 2.75) is 57.7 Å². The van der Waals surface area contributed by atoms with Gasteiger partial charge in [0.2, 0.25) is 23.6 Å². The molecule has 0 saturated carbocycles. The third-order valence-electron chi connectivity index (χ3n) is 3.81. The molecule has 13 nitrogen and oxygen atoms in total. The number of hydrogen-bond donors (Lipinski definition) is 7. The first kappa shape index (κ1) is 26.8. The Kier molecular flexibility index (Phi) is 11.7. The number of primary amides is 1. The first-order valence-electron chi connectivity index (χ1n) is 9.19. The van der Waals surface area contributed by atoms with Gasteiger partial charge in [-0.1, -0.05) is 13.8 Å². The van der Waals surface area contributed by atoms with E-state index < -0.39 is 66.7 Å². The Morgan fingerprint density at radius 2 is 1.53 bits per heavy atom. The van der Waals surface area contributed by atoms with Crippen LogP contribution in [-0.4, -0.2) is 70.5 Å². The first-order valence-corrected chi connectivity index (χ1v) is 9.19. The fourth-order valence-corrected chi connectivity index (χ4v) is 2.34. The molecule has 0 radical (unpaired) electrons. The highest BCUT2D eigenvalue weighted by Crippen LogP contribution is 2.07. The second-order valence-corrected chi connectivity index (χ2v) is 7.08. The van der Waals surface area contributed by atoms with Crippen LogP contribution in [0.1, 0.15) is 39.5 Å². The Bertz CT molecular complexity index is 667. The lowest BCUT2D eigenvalue weighted by molar-refractivity contribution is -0.142. The molecule has 30 heavy (non-hydrogen) atoms. The predicted octanol–water partition coefficient (Wildman–Crippen LogP) is -2.73. The lowest BCUT2D eigenvalue weighted by Crippen LogP contribution is -2.54. The molecule has 0 bridgehead atoms. The number of carboxylic acids is 2. The van der Waals surface area contributed by atoms with Crippen LogP contribution in [0.25, 0.3) is 0 Å². The third-order valence-corrected chi connectivity index (χ3v) is 3.81. The van der Waals surface area contributed by atoms with Crippen molar-refractivity contribution < 1.29 is 39.0 Å². The summed E-state index contributed by atoms with van der Waals surface area (Å²) in [5, 5.41) is 24.6. The van der Waals surface area contributed by atoms with E-state index in [9.17, 15) is 33.9 Å². The fraction of sp³-hybridized carbons (Fsp3) is 0.647. The number of carbonyl (C=O) groups excluding carboxylic acids is 4. The minimum Gasteiger partial charge on any atom is -0.481 e. The van der Waals surface area contributed by atoms with Crippen LogP contribution in [0.4, 0.5) is 0 Å². The third kappa shape index (κ3) is 11.6. The zero-order valence-corrected chi connectivity index (χ0v) is 16.8. The van der Waals surface area contributed by atoms with Gasteiger partial charge in [0.05, 0.1) is 19.0 Å². The highest BCUT2D eigenvalue weighted by molar-refractivity contribution is 5.93. The number of nitrogens with two attached hydrogens (primary N) is 2. The first-order chi connectivity index (χ1) is 13.8. The molecule has 0 aromatic carbocycles. The number of nitrogens with one attached hydrogen (secondary N) is 3. The van der Waals surface area contributed by atoms with E-state index in [0.717, 1.165) is 0 Å². The highest BCUT2D eigenvalue weighted by Gasteiger charge is 2.27. The second kappa shape index (κ2) is 13.1. The maximum atomic E-state index is 12.5. The van der Waals surface area contributed by atoms with Crippen LogP contribution in [-0.2, 0) is 28.8 Å². The smallest absolute Gasteiger partial charge is 0.326 e. The minimum atomic E-state index is -1.37. The van der Waals surface area contributed by atoms with Crippen molar-refractivity contribution in [1.82, 2.24) is 16.0 Å². The Hall–Kier alpha value is -3.22. The van der Waals surface area contributed by atoms with Gasteiger partial charge in [0, 0.05) is 6.42 Å². The van der Waals surface area contributed by atoms with Gasteiger partial charge in [0.25, 0.3) is 0 Å². The monoisotopic (exact) mass is 431 g/mol. The molecule has 0 aliphatic rings. The summed E-state index contributed by atoms with van der Waals surface area (Å²) >= 11 is 0. The molecular weight excluding hydrogens is 402 g/mol. The molecule has 3 unspecified atom stereocenters. The van der Waals surface area contributed by atoms with E-state index in [0.29, 0.717) is 0 Å². The zero-order valence-electron chi connectivity index (χ0n) is 16.8. The SMILES string of the molecule is CC(C)CC(NC(=O)CNC(=O)C(N)CC(=O)O)C(=O)NC(CCC(N)=O)C(=O)O. The van der Waals surface area contributed by atoms with Crippen LogP contribution in [0.3, 0.4) is 0 Å². The maximum Gasteiger partial charge on any atom is 0.326 e. The molecule has 0 heterocycles. The molecule has 0 aliphatic carbocycles. The average molecular weight is 431 g/mol. The summed E-state index contributed by atoms with van der Waals surface area (Å²) in [6.45, 7) is 3.00. The summed E-state index contributed by atoms with van der Waals surface area (Å²) in [6, 6.07) is -3.81. The number of carboxylic acid groups (broad SMARTS) is 2. The molecule has 0 fully saturated rings. The van der Waals surface area contributed by atoms with E-state index in [2.05, 4.69) is 16.0 Å². The molecule has 0 saturated heterocycles. The van der Waals surface area contributed by atoms with Crippen LogP contribution in [0.2, 0.25) is 0 Å². The molecular formula is C17H29N5O8. The van der Waals surface area contributed by atoms with Crippen molar-refractivity contribution in [3.8, 4) is 0 Å². The molecule has 13 heteroatoms. The summed E-state index contributed by atoms with van der Waals surface area (Å²) in [4.78, 5) is 68.9. The molecule has 0 aliphatic heterocycles. The van der Waals surface area contributed by atoms with Crippen molar-refractivity contribution in [2.75, 3.05) is 6.54 Å². The molecule has 170 valence electrons. The Balaban J connectivity index is 4.92. The van der Waals surface area contributed by atoms with Gasteiger partial charge in [-0.25, -0.2) is 4.79 Å². The van der Waals surface area contributed by atoms with Crippen molar-refractivity contribution in [3.63, 3.8) is 0 Å². The summed E-state index contributed by atoms with van der Waals surface area (Å²) < 4.78 is 0. The van der Waals surface area contributed by atoms with Gasteiger partial charge < -0.3 is 37.6 Å². The standard InChI is InChI=1S/C17H29N5O8/c1-8(2)5-11(16(28)22-10(17(29)30)3-4-12(19)23)21-13(24)7-20-15(27)9(18)6-14(25)26/h8-11H,3-7,18H2,1-2H3,(H2,19,23)(H,20,27)(H,21,24)(H,22,28)(H,25,26)(H,29,30). The molecule has 3 atom stereocenters. The summed E-state index contributed by atoms with van der Waals surface area (Å²) in [5.41, 5.74) is 10.4. The molecule has 0 spiro atoms. The molecule has 0 aromatic rings. The van der Waals surface area contributed by atoms with E-state index in [1.165, 1.54) is 0 Å². The van der Waals surface area contributed by atoms with Crippen LogP contribution in [0, 0.1) is 5.92 Å². The quantitative estimate of drug-likeness (QED) is 0.151. The normalized spacial score (nSPS) is 13.6. The van der Waals surface area contributed by atoms with E-state index in [1.54, 1.807) is 13.8 Å². The predicted molar refractivity (Wildman–Crippen MR) is 103 cm³/mol. The highest BCUT2D eigenvalue weighted by atomic mass is 16.4. The Morgan fingerprint density at radius 3 is 2.00 bits per heavy atom. The number of rotatable bonds is 14. The van der Waals surface area contributed by atoms with Crippen molar-refractivity contribution >= 4 is 35.6 Å². The maximum absolute atomic E-state index is 12.5. The van der Waals surface area contributed by atoms with Crippen molar-refractivity contribution in [1.29, 1.82) is 0 Å². The minimum absolute atomic E-state index is 0.0477. The zero-order chi connectivity index (χ0) is 23.4. The number of amides is 4. The van der Waals surface area contributed by atoms with Gasteiger partial charge in [0.15, 0.2) is 0 Å². The van der Waals surface area contributed by atoms with Crippen LogP contribution < -0.4 is 27.4 Å². The van der Waals surface area contributed by atoms with E-state index in [4.69, 9.17) is 16.6 Å². The lowest BCUT2D eigenvalue weighted by atomic mass is 10.0. The van der Waals surface area contributed by atoms with Gasteiger partial charge >= 0.3 is 11.9 Å². The van der Waals surface area contributed by atoms with Crippen molar-refractivity contribution in [3.05, 3.63) is 0 Å². The number of aliphatic carboxylic acids is 2. The average Bonchev–Trinajstić information content (AvgIpc) is 2.60. The van der Waals surface area contributed by atoms with Gasteiger partial charge in [-0.3, -0.25) is 24.0 Å². The number of hydrogen-bond acceptors (Lipinski definition) is 7. The largest absolute Gasteiger partial charge is 0.481 e. The van der Waals surface area contributed by atoms with Gasteiger partial charge in [0.1, 0.15) is 12.1 Å². The fourth-order valence-electron chi connectivity index (χ4n) is 2.34. The van der Waals surface area contributed by atoms with Crippen LogP contribution in [0.5, 0.6) is 0 Å². The van der Waals surface area contributed by atoms with Crippen LogP contribution >= 0.6 is 0 Å². The van der Waals surface area contributed by atoms with E-state index in [1.807, 2.05) is 0 Å². The number of carbonyl (C=O) groups is 6. The summed E-state index contributed by atoms with van der Waals surface area (Å²) in [6.07, 6.45) is -0.905. The second-order valence-electron chi connectivity index (χ2n) is 7.08. The molecule has 9 N–H and O–H groups in total. The van der Waals surface area contributed by atoms with Crippen molar-refractivity contribution in [2.24, 2.45) is 17.4 Å². The van der Waals surface area contributed by atoms with E-state index >= 15 is 0 Å². The molecule has 4 amide bonds. The topological polar surface area (TPSA) is 231 Å². The van der Waals surface area contributed by atoms with Crippen LogP contribution in [0.15, 0.2) is 0 Å². The summed E-state index contributed by atoms with van der Waals surface area (Å²) in [7, 11) is 0. The lowest BCUT2D eigenvalue weighted by Gasteiger charge is -2.23. The van der Waals surface area contributed by atoms with Gasteiger partial charge in [-0.15, -0.1) is 0 Å². The molecule has 0 aromatic heterocycles. The molecule has 0 rings (SSSR count). The summed E-state index contributed by atoms with van der Waals surface area (Å²) in [5.74, 6) is -5.79. The Morgan fingerprint density at radius 1 is 0.933 bits per heavy atom. The van der Waals surface area contributed by atoms with Gasteiger partial charge in [-0.05, 0) is 18.8 Å². The van der Waals surface area contributed by atoms with Gasteiger partial charge in [-0.2, -0.15) is 0 Å². The van der Waals surface area contributed by atoms with E-state index in [-0.39, 0.29) is 25.2 Å².